The molecule has 1 aliphatic rings. The molecule has 14 nitrogen and oxygen atoms in total. The molecule has 1 aliphatic carbocycles. The van der Waals surface area contributed by atoms with Crippen LogP contribution in [0.25, 0.3) is 0 Å². The molecule has 1 fully saturated rings. The lowest BCUT2D eigenvalue weighted by Crippen LogP contribution is -2.56. The molecule has 0 spiro atoms. The van der Waals surface area contributed by atoms with E-state index in [0.717, 1.165) is 37.7 Å². The smallest absolute Gasteiger partial charge is 0.325 e. The van der Waals surface area contributed by atoms with Crippen molar-refractivity contribution in [3.8, 4) is 5.75 Å². The normalized spacial score (nSPS) is 14.3. The van der Waals surface area contributed by atoms with E-state index in [1.807, 2.05) is 6.07 Å². The Bertz CT molecular complexity index is 1380. The molecule has 1 saturated carbocycles. The molecule has 0 unspecified atom stereocenters. The van der Waals surface area contributed by atoms with Gasteiger partial charge < -0.3 is 30.2 Å². The van der Waals surface area contributed by atoms with Crippen molar-refractivity contribution in [2.45, 2.75) is 64.1 Å². The number of hydrogen-bond donors (Lipinski definition) is 3. The number of ketones is 1. The van der Waals surface area contributed by atoms with Crippen molar-refractivity contribution in [3.05, 3.63) is 69.8 Å². The van der Waals surface area contributed by atoms with Crippen molar-refractivity contribution in [2.24, 2.45) is 5.92 Å². The van der Waals surface area contributed by atoms with Crippen molar-refractivity contribution in [3.63, 3.8) is 0 Å². The van der Waals surface area contributed by atoms with Crippen LogP contribution in [0, 0.1) is 16.0 Å². The van der Waals surface area contributed by atoms with E-state index < -0.39 is 58.7 Å². The predicted molar refractivity (Wildman–Crippen MR) is 165 cm³/mol. The van der Waals surface area contributed by atoms with Gasteiger partial charge in [-0.25, -0.2) is 0 Å². The van der Waals surface area contributed by atoms with E-state index in [0.29, 0.717) is 0 Å². The zero-order chi connectivity index (χ0) is 33.5. The van der Waals surface area contributed by atoms with Crippen LogP contribution in [0.15, 0.2) is 48.5 Å². The third-order valence-corrected chi connectivity index (χ3v) is 7.51. The summed E-state index contributed by atoms with van der Waals surface area (Å²) in [4.78, 5) is 75.6. The van der Waals surface area contributed by atoms with Crippen LogP contribution in [0.3, 0.4) is 0 Å². The zero-order valence-electron chi connectivity index (χ0n) is 26.0. The Labute approximate surface area is 266 Å². The maximum Gasteiger partial charge on any atom is 0.325 e. The number of amides is 3. The number of nitro benzene ring substituents is 1. The largest absolute Gasteiger partial charge is 0.490 e. The van der Waals surface area contributed by atoms with Crippen LogP contribution in [0.5, 0.6) is 5.75 Å². The van der Waals surface area contributed by atoms with Gasteiger partial charge in [-0.15, -0.1) is 0 Å². The van der Waals surface area contributed by atoms with Gasteiger partial charge in [-0.1, -0.05) is 68.5 Å². The molecule has 248 valence electrons. The molecule has 0 aromatic heterocycles. The maximum absolute atomic E-state index is 13.8. The van der Waals surface area contributed by atoms with Crippen LogP contribution in [0.2, 0.25) is 0 Å². The van der Waals surface area contributed by atoms with Gasteiger partial charge in [-0.05, 0) is 30.9 Å². The molecule has 2 aromatic carbocycles. The summed E-state index contributed by atoms with van der Waals surface area (Å²) < 4.78 is 15.6. The molecule has 2 atom stereocenters. The Hall–Kier alpha value is -4.85. The second-order valence-electron chi connectivity index (χ2n) is 10.8. The van der Waals surface area contributed by atoms with Crippen LogP contribution >= 0.6 is 0 Å². The average Bonchev–Trinajstić information content (AvgIpc) is 3.06. The summed E-state index contributed by atoms with van der Waals surface area (Å²) in [6.45, 7) is 0.841. The first-order chi connectivity index (χ1) is 22.1. The number of para-hydroxylation sites is 1. The van der Waals surface area contributed by atoms with Crippen LogP contribution < -0.4 is 20.7 Å². The summed E-state index contributed by atoms with van der Waals surface area (Å²) >= 11 is 0. The predicted octanol–water partition coefficient (Wildman–Crippen LogP) is 2.62. The van der Waals surface area contributed by atoms with Gasteiger partial charge >= 0.3 is 11.7 Å². The molecule has 0 saturated heterocycles. The van der Waals surface area contributed by atoms with Crippen molar-refractivity contribution in [1.82, 2.24) is 16.0 Å². The van der Waals surface area contributed by atoms with E-state index in [-0.39, 0.29) is 43.5 Å². The topological polar surface area (TPSA) is 192 Å². The van der Waals surface area contributed by atoms with E-state index in [2.05, 4.69) is 16.0 Å². The van der Waals surface area contributed by atoms with Gasteiger partial charge in [0.2, 0.25) is 17.4 Å². The quantitative estimate of drug-likeness (QED) is 0.100. The fraction of sp³-hybridized carbons (Fsp3) is 0.469. The van der Waals surface area contributed by atoms with Crippen LogP contribution in [0.1, 0.15) is 61.4 Å². The highest BCUT2D eigenvalue weighted by atomic mass is 16.6. The maximum atomic E-state index is 13.8. The van der Waals surface area contributed by atoms with Gasteiger partial charge in [0.25, 0.3) is 11.8 Å². The molecule has 3 amide bonds. The van der Waals surface area contributed by atoms with E-state index in [1.54, 1.807) is 31.2 Å². The molecule has 46 heavy (non-hydrogen) atoms. The van der Waals surface area contributed by atoms with Crippen LogP contribution in [-0.2, 0) is 35.3 Å². The highest BCUT2D eigenvalue weighted by Crippen LogP contribution is 2.31. The van der Waals surface area contributed by atoms with Gasteiger partial charge in [-0.3, -0.25) is 34.1 Å². The Morgan fingerprint density at radius 3 is 2.33 bits per heavy atom. The summed E-state index contributed by atoms with van der Waals surface area (Å²) in [7, 11) is 1.20. The Kier molecular flexibility index (Phi) is 14.1. The van der Waals surface area contributed by atoms with E-state index in [9.17, 15) is 34.1 Å². The molecule has 0 heterocycles. The van der Waals surface area contributed by atoms with E-state index in [1.165, 1.54) is 25.3 Å². The minimum absolute atomic E-state index is 0.0831. The lowest BCUT2D eigenvalue weighted by Gasteiger charge is -2.28. The lowest BCUT2D eigenvalue weighted by atomic mass is 9.84. The number of rotatable bonds is 17. The number of carbonyl (C=O) groups excluding carboxylic acids is 5. The van der Waals surface area contributed by atoms with Gasteiger partial charge in [0.15, 0.2) is 0 Å². The molecular weight excluding hydrogens is 600 g/mol. The molecule has 14 heteroatoms. The number of methoxy groups -OCH3 is 1. The van der Waals surface area contributed by atoms with Crippen LogP contribution in [0.4, 0.5) is 5.69 Å². The standard InChI is InChI=1S/C32H40N4O10/c1-3-46-27(37)18-33-32(41)28(38)25(20-45-19-22-13-8-5-9-14-22)35-31(40)24(17-21-11-6-4-7-12-21)34-30(39)23-15-10-16-26(36(42)43)29(23)44-2/h5,8-10,13-16,21,24-25H,3-4,6-7,11-12,17-20H2,1-2H3,(H,33,41)(H,34,39)(H,35,40)/t24-,25-/m0/s1. The number of nitro groups is 1. The third-order valence-electron chi connectivity index (χ3n) is 7.51. The molecule has 3 N–H and O–H groups in total. The second kappa shape index (κ2) is 18.2. The first-order valence-corrected chi connectivity index (χ1v) is 15.2. The summed E-state index contributed by atoms with van der Waals surface area (Å²) in [6.07, 6.45) is 4.87. The minimum Gasteiger partial charge on any atom is -0.490 e. The zero-order valence-corrected chi connectivity index (χ0v) is 26.0. The third kappa shape index (κ3) is 10.6. The number of carbonyl (C=O) groups is 5. The van der Waals surface area contributed by atoms with Crippen LogP contribution in [-0.4, -0.2) is 73.3 Å². The molecule has 0 aliphatic heterocycles. The fourth-order valence-electron chi connectivity index (χ4n) is 5.22. The Morgan fingerprint density at radius 1 is 0.957 bits per heavy atom. The van der Waals surface area contributed by atoms with Crippen molar-refractivity contribution in [1.29, 1.82) is 0 Å². The van der Waals surface area contributed by atoms with Crippen molar-refractivity contribution in [2.75, 3.05) is 26.9 Å². The van der Waals surface area contributed by atoms with Crippen molar-refractivity contribution < 1.29 is 43.1 Å². The fourth-order valence-corrected chi connectivity index (χ4v) is 5.22. The number of benzene rings is 2. The number of nitrogens with one attached hydrogen (secondary N) is 3. The first-order valence-electron chi connectivity index (χ1n) is 15.2. The second-order valence-corrected chi connectivity index (χ2v) is 10.8. The first kappa shape index (κ1) is 35.6. The van der Waals surface area contributed by atoms with E-state index in [4.69, 9.17) is 14.2 Å². The summed E-state index contributed by atoms with van der Waals surface area (Å²) in [5, 5.41) is 18.9. The number of ether oxygens (including phenoxy) is 3. The number of hydrogen-bond acceptors (Lipinski definition) is 10. The van der Waals surface area contributed by atoms with E-state index >= 15 is 0 Å². The lowest BCUT2D eigenvalue weighted by molar-refractivity contribution is -0.385. The van der Waals surface area contributed by atoms with Crippen molar-refractivity contribution >= 4 is 35.2 Å². The molecule has 0 bridgehead atoms. The summed E-state index contributed by atoms with van der Waals surface area (Å²) in [5.74, 6) is -4.63. The Balaban J connectivity index is 1.83. The Morgan fingerprint density at radius 2 is 1.67 bits per heavy atom. The number of nitrogens with zero attached hydrogens (tertiary/aromatic N) is 1. The number of esters is 1. The highest BCUT2D eigenvalue weighted by molar-refractivity contribution is 6.38. The monoisotopic (exact) mass is 640 g/mol. The number of Topliss-reactive ketones (excluding diaryl/α,β-unsaturated/α-hetero) is 1. The molecular formula is C32H40N4O10. The SMILES string of the molecule is CCOC(=O)CNC(=O)C(=O)[C@H](COCc1ccccc1)NC(=O)[C@H](CC1CCCCC1)NC(=O)c1cccc([N+](=O)[O-])c1OC. The minimum atomic E-state index is -1.46. The van der Waals surface area contributed by atoms with Gasteiger partial charge in [0.1, 0.15) is 18.6 Å². The molecule has 2 aromatic rings. The summed E-state index contributed by atoms with van der Waals surface area (Å²) in [5.41, 5.74) is 0.230. The highest BCUT2D eigenvalue weighted by Gasteiger charge is 2.33. The van der Waals surface area contributed by atoms with Gasteiger partial charge in [0.05, 0.1) is 37.4 Å². The van der Waals surface area contributed by atoms with Gasteiger partial charge in [-0.2, -0.15) is 0 Å². The molecule has 3 rings (SSSR count). The molecule has 0 radical (unpaired) electrons. The summed E-state index contributed by atoms with van der Waals surface area (Å²) in [6, 6.07) is 10.3. The van der Waals surface area contributed by atoms with Gasteiger partial charge in [0, 0.05) is 6.07 Å². The average molecular weight is 641 g/mol.